The van der Waals surface area contributed by atoms with Gasteiger partial charge in [-0.05, 0) is 43.6 Å². The van der Waals surface area contributed by atoms with Gasteiger partial charge in [-0.1, -0.05) is 0 Å². The van der Waals surface area contributed by atoms with Gasteiger partial charge in [0.2, 0.25) is 0 Å². The van der Waals surface area contributed by atoms with Gasteiger partial charge in [0, 0.05) is 6.04 Å². The third-order valence-electron chi connectivity index (χ3n) is 3.95. The number of nitrogens with one attached hydrogen (secondary N) is 1. The van der Waals surface area contributed by atoms with Crippen LogP contribution < -0.4 is 5.32 Å². The number of alkyl halides is 3. The first-order valence-corrected chi connectivity index (χ1v) is 6.84. The van der Waals surface area contributed by atoms with Crippen LogP contribution in [0, 0.1) is 22.0 Å². The van der Waals surface area contributed by atoms with Crippen molar-refractivity contribution < 1.29 is 18.1 Å². The van der Waals surface area contributed by atoms with Crippen molar-refractivity contribution in [2.45, 2.75) is 37.9 Å². The first-order chi connectivity index (χ1) is 9.86. The van der Waals surface area contributed by atoms with Crippen LogP contribution in [0.4, 0.5) is 24.5 Å². The monoisotopic (exact) mass is 301 g/mol. The number of pyridine rings is 1. The van der Waals surface area contributed by atoms with Crippen molar-refractivity contribution in [3.8, 4) is 0 Å². The second kappa shape index (κ2) is 4.85. The maximum Gasteiger partial charge on any atom is 0.433 e. The molecule has 0 bridgehead atoms. The first-order valence-electron chi connectivity index (χ1n) is 6.84. The Hall–Kier alpha value is -1.86. The van der Waals surface area contributed by atoms with Crippen LogP contribution >= 0.6 is 0 Å². The van der Waals surface area contributed by atoms with Crippen molar-refractivity contribution in [1.82, 2.24) is 4.98 Å². The summed E-state index contributed by atoms with van der Waals surface area (Å²) in [4.78, 5) is 13.4. The highest BCUT2D eigenvalue weighted by Crippen LogP contribution is 2.46. The Bertz CT molecular complexity index is 556. The van der Waals surface area contributed by atoms with Crippen molar-refractivity contribution in [1.29, 1.82) is 0 Å². The summed E-state index contributed by atoms with van der Waals surface area (Å²) in [6.07, 6.45) is 0.179. The fraction of sp³-hybridized carbons (Fsp3) is 0.615. The predicted octanol–water partition coefficient (Wildman–Crippen LogP) is 3.61. The van der Waals surface area contributed by atoms with Gasteiger partial charge in [-0.15, -0.1) is 0 Å². The van der Waals surface area contributed by atoms with E-state index >= 15 is 0 Å². The molecule has 0 aromatic carbocycles. The fourth-order valence-electron chi connectivity index (χ4n) is 2.58. The Kier molecular flexibility index (Phi) is 3.26. The first kappa shape index (κ1) is 14.1. The number of aromatic nitrogens is 1. The van der Waals surface area contributed by atoms with E-state index in [2.05, 4.69) is 10.3 Å². The molecular formula is C13H14F3N3O2. The zero-order valence-electron chi connectivity index (χ0n) is 11.1. The SMILES string of the molecule is O=[N+]([O-])c1cnc(C(F)(F)F)cc1NC(C1CC1)C1CC1. The van der Waals surface area contributed by atoms with Gasteiger partial charge in [-0.2, -0.15) is 13.2 Å². The van der Waals surface area contributed by atoms with Gasteiger partial charge in [0.25, 0.3) is 0 Å². The molecule has 2 aliphatic rings. The summed E-state index contributed by atoms with van der Waals surface area (Å²) in [7, 11) is 0. The van der Waals surface area contributed by atoms with Gasteiger partial charge in [-0.3, -0.25) is 10.1 Å². The number of nitro groups is 1. The molecule has 0 spiro atoms. The van der Waals surface area contributed by atoms with E-state index in [0.29, 0.717) is 18.0 Å². The summed E-state index contributed by atoms with van der Waals surface area (Å²) in [6.45, 7) is 0. The van der Waals surface area contributed by atoms with Gasteiger partial charge < -0.3 is 5.32 Å². The van der Waals surface area contributed by atoms with E-state index < -0.39 is 22.5 Å². The number of rotatable bonds is 5. The summed E-state index contributed by atoms with van der Waals surface area (Å²) in [5.41, 5.74) is -1.60. The minimum absolute atomic E-state index is 0.0344. The standard InChI is InChI=1S/C13H14F3N3O2/c14-13(15,16)11-5-9(10(6-17-11)19(20)21)18-12(7-1-2-7)8-3-4-8/h5-8,12H,1-4H2,(H,17,18). The zero-order chi connectivity index (χ0) is 15.2. The highest BCUT2D eigenvalue weighted by atomic mass is 19.4. The van der Waals surface area contributed by atoms with Crippen LogP contribution in [0.1, 0.15) is 31.4 Å². The van der Waals surface area contributed by atoms with Crippen LogP contribution in [-0.2, 0) is 6.18 Å². The van der Waals surface area contributed by atoms with Crippen molar-refractivity contribution >= 4 is 11.4 Å². The molecule has 5 nitrogen and oxygen atoms in total. The summed E-state index contributed by atoms with van der Waals surface area (Å²) >= 11 is 0. The average molecular weight is 301 g/mol. The highest BCUT2D eigenvalue weighted by molar-refractivity contribution is 5.62. The number of halogens is 3. The average Bonchev–Trinajstić information content (AvgIpc) is 3.26. The van der Waals surface area contributed by atoms with Crippen molar-refractivity contribution in [3.05, 3.63) is 28.1 Å². The second-order valence-electron chi connectivity index (χ2n) is 5.69. The molecule has 2 aliphatic carbocycles. The number of hydrogen-bond acceptors (Lipinski definition) is 4. The van der Waals surface area contributed by atoms with E-state index in [-0.39, 0.29) is 11.7 Å². The Morgan fingerprint density at radius 3 is 2.29 bits per heavy atom. The van der Waals surface area contributed by atoms with Crippen molar-refractivity contribution in [2.75, 3.05) is 5.32 Å². The van der Waals surface area contributed by atoms with Crippen LogP contribution in [0.5, 0.6) is 0 Å². The lowest BCUT2D eigenvalue weighted by molar-refractivity contribution is -0.384. The van der Waals surface area contributed by atoms with Gasteiger partial charge in [0.15, 0.2) is 0 Å². The third kappa shape index (κ3) is 3.08. The lowest BCUT2D eigenvalue weighted by atomic mass is 10.1. The van der Waals surface area contributed by atoms with E-state index in [0.717, 1.165) is 31.7 Å². The number of anilines is 1. The molecule has 2 fully saturated rings. The molecule has 0 unspecified atom stereocenters. The summed E-state index contributed by atoms with van der Waals surface area (Å²) < 4.78 is 38.2. The summed E-state index contributed by atoms with van der Waals surface area (Å²) in [5, 5.41) is 14.0. The molecular weight excluding hydrogens is 287 g/mol. The van der Waals surface area contributed by atoms with Crippen LogP contribution in [0.3, 0.4) is 0 Å². The van der Waals surface area contributed by atoms with E-state index in [1.165, 1.54) is 0 Å². The summed E-state index contributed by atoms with van der Waals surface area (Å²) in [5.74, 6) is 0.833. The van der Waals surface area contributed by atoms with Crippen LogP contribution in [0.15, 0.2) is 12.3 Å². The zero-order valence-corrected chi connectivity index (χ0v) is 11.1. The maximum absolute atomic E-state index is 12.7. The minimum Gasteiger partial charge on any atom is -0.376 e. The molecule has 1 heterocycles. The highest BCUT2D eigenvalue weighted by Gasteiger charge is 2.42. The van der Waals surface area contributed by atoms with E-state index in [1.807, 2.05) is 0 Å². The number of hydrogen-bond donors (Lipinski definition) is 1. The molecule has 1 N–H and O–H groups in total. The van der Waals surface area contributed by atoms with E-state index in [4.69, 9.17) is 0 Å². The molecule has 8 heteroatoms. The van der Waals surface area contributed by atoms with Gasteiger partial charge >= 0.3 is 11.9 Å². The Morgan fingerprint density at radius 2 is 1.86 bits per heavy atom. The van der Waals surface area contributed by atoms with E-state index in [9.17, 15) is 23.3 Å². The van der Waals surface area contributed by atoms with Crippen molar-refractivity contribution in [3.63, 3.8) is 0 Å². The lowest BCUT2D eigenvalue weighted by Gasteiger charge is -2.19. The number of nitrogens with zero attached hydrogens (tertiary/aromatic N) is 2. The molecule has 2 saturated carbocycles. The molecule has 0 aliphatic heterocycles. The molecule has 1 aromatic heterocycles. The molecule has 3 rings (SSSR count). The second-order valence-corrected chi connectivity index (χ2v) is 5.69. The van der Waals surface area contributed by atoms with Crippen molar-refractivity contribution in [2.24, 2.45) is 11.8 Å². The Balaban J connectivity index is 1.91. The van der Waals surface area contributed by atoms with Crippen LogP contribution in [0.25, 0.3) is 0 Å². The topological polar surface area (TPSA) is 68.1 Å². The van der Waals surface area contributed by atoms with E-state index in [1.54, 1.807) is 0 Å². The lowest BCUT2D eigenvalue weighted by Crippen LogP contribution is -2.25. The Labute approximate surface area is 118 Å². The fourth-order valence-corrected chi connectivity index (χ4v) is 2.58. The predicted molar refractivity (Wildman–Crippen MR) is 68.8 cm³/mol. The third-order valence-corrected chi connectivity index (χ3v) is 3.95. The largest absolute Gasteiger partial charge is 0.433 e. The normalized spacial score (nSPS) is 18.9. The van der Waals surface area contributed by atoms with Crippen LogP contribution in [-0.4, -0.2) is 15.9 Å². The molecule has 1 aromatic rings. The molecule has 0 amide bonds. The molecule has 114 valence electrons. The van der Waals surface area contributed by atoms with Crippen LogP contribution in [0.2, 0.25) is 0 Å². The smallest absolute Gasteiger partial charge is 0.376 e. The van der Waals surface area contributed by atoms with Gasteiger partial charge in [-0.25, -0.2) is 4.98 Å². The Morgan fingerprint density at radius 1 is 1.29 bits per heavy atom. The molecule has 21 heavy (non-hydrogen) atoms. The molecule has 0 radical (unpaired) electrons. The maximum atomic E-state index is 12.7. The molecule has 0 saturated heterocycles. The minimum atomic E-state index is -4.61. The quantitative estimate of drug-likeness (QED) is 0.666. The molecule has 0 atom stereocenters. The summed E-state index contributed by atoms with van der Waals surface area (Å²) in [6, 6.07) is 0.780. The van der Waals surface area contributed by atoms with Gasteiger partial charge in [0.05, 0.1) is 4.92 Å². The van der Waals surface area contributed by atoms with Gasteiger partial charge in [0.1, 0.15) is 17.6 Å².